The molecule has 110 valence electrons. The van der Waals surface area contributed by atoms with Gasteiger partial charge in [0.25, 0.3) is 5.91 Å². The monoisotopic (exact) mass is 281 g/mol. The van der Waals surface area contributed by atoms with Crippen molar-refractivity contribution in [2.45, 2.75) is 32.6 Å². The van der Waals surface area contributed by atoms with E-state index in [1.807, 2.05) is 0 Å². The van der Waals surface area contributed by atoms with Gasteiger partial charge in [-0.3, -0.25) is 9.59 Å². The first-order valence-electron chi connectivity index (χ1n) is 6.65. The van der Waals surface area contributed by atoms with Gasteiger partial charge >= 0.3 is 5.97 Å². The summed E-state index contributed by atoms with van der Waals surface area (Å²) in [5.74, 6) is -0.756. The number of esters is 1. The molecular formula is C15H20FNO3. The molecule has 1 rings (SSSR count). The molecule has 0 bridgehead atoms. The topological polar surface area (TPSA) is 55.4 Å². The number of ether oxygens (including phenoxy) is 1. The normalized spacial score (nSPS) is 10.2. The van der Waals surface area contributed by atoms with Gasteiger partial charge in [0.05, 0.1) is 7.11 Å². The third-order valence-corrected chi connectivity index (χ3v) is 3.00. The number of carbonyl (C=O) groups is 2. The van der Waals surface area contributed by atoms with Crippen molar-refractivity contribution < 1.29 is 18.7 Å². The fourth-order valence-corrected chi connectivity index (χ4v) is 1.85. The highest BCUT2D eigenvalue weighted by molar-refractivity contribution is 5.95. The second kappa shape index (κ2) is 8.30. The van der Waals surface area contributed by atoms with Crippen LogP contribution in [0.5, 0.6) is 0 Å². The SMILES string of the molecule is COC(=O)CCCCCNC(=O)c1ccc(F)cc1C. The molecule has 1 amide bonds. The molecule has 0 spiro atoms. The molecule has 0 saturated carbocycles. The lowest BCUT2D eigenvalue weighted by Gasteiger charge is -2.07. The van der Waals surface area contributed by atoms with E-state index >= 15 is 0 Å². The Hall–Kier alpha value is -1.91. The van der Waals surface area contributed by atoms with Gasteiger partial charge in [-0.25, -0.2) is 4.39 Å². The van der Waals surface area contributed by atoms with Gasteiger partial charge < -0.3 is 10.1 Å². The van der Waals surface area contributed by atoms with Gasteiger partial charge in [-0.05, 0) is 43.5 Å². The number of halogens is 1. The lowest BCUT2D eigenvalue weighted by Crippen LogP contribution is -2.25. The van der Waals surface area contributed by atoms with Crippen molar-refractivity contribution in [3.05, 3.63) is 35.1 Å². The zero-order valence-electron chi connectivity index (χ0n) is 11.9. The maximum atomic E-state index is 12.9. The van der Waals surface area contributed by atoms with Crippen LogP contribution in [0, 0.1) is 12.7 Å². The number of hydrogen-bond acceptors (Lipinski definition) is 3. The van der Waals surface area contributed by atoms with E-state index in [2.05, 4.69) is 10.1 Å². The quantitative estimate of drug-likeness (QED) is 0.617. The molecule has 0 radical (unpaired) electrons. The molecule has 0 atom stereocenters. The zero-order chi connectivity index (χ0) is 15.0. The Kier molecular flexibility index (Phi) is 6.70. The van der Waals surface area contributed by atoms with Crippen LogP contribution in [0.2, 0.25) is 0 Å². The van der Waals surface area contributed by atoms with Gasteiger partial charge in [-0.1, -0.05) is 6.42 Å². The molecule has 4 nitrogen and oxygen atoms in total. The van der Waals surface area contributed by atoms with Crippen LogP contribution in [-0.2, 0) is 9.53 Å². The molecule has 0 unspecified atom stereocenters. The largest absolute Gasteiger partial charge is 0.469 e. The zero-order valence-corrected chi connectivity index (χ0v) is 11.9. The minimum absolute atomic E-state index is 0.199. The van der Waals surface area contributed by atoms with Gasteiger partial charge in [-0.2, -0.15) is 0 Å². The average molecular weight is 281 g/mol. The molecule has 0 aliphatic carbocycles. The van der Waals surface area contributed by atoms with Gasteiger partial charge in [0.15, 0.2) is 0 Å². The number of benzene rings is 1. The van der Waals surface area contributed by atoms with Crippen LogP contribution in [0.4, 0.5) is 4.39 Å². The van der Waals surface area contributed by atoms with Crippen LogP contribution in [0.1, 0.15) is 41.6 Å². The van der Waals surface area contributed by atoms with Crippen LogP contribution < -0.4 is 5.32 Å². The summed E-state index contributed by atoms with van der Waals surface area (Å²) < 4.78 is 17.5. The van der Waals surface area contributed by atoms with Crippen molar-refractivity contribution in [1.82, 2.24) is 5.32 Å². The molecule has 1 aromatic rings. The number of aryl methyl sites for hydroxylation is 1. The van der Waals surface area contributed by atoms with E-state index in [4.69, 9.17) is 0 Å². The third kappa shape index (κ3) is 5.38. The summed E-state index contributed by atoms with van der Waals surface area (Å²) in [4.78, 5) is 22.7. The summed E-state index contributed by atoms with van der Waals surface area (Å²) >= 11 is 0. The van der Waals surface area contributed by atoms with E-state index in [-0.39, 0.29) is 17.7 Å². The van der Waals surface area contributed by atoms with Crippen molar-refractivity contribution in [3.8, 4) is 0 Å². The summed E-state index contributed by atoms with van der Waals surface area (Å²) in [6.07, 6.45) is 2.79. The van der Waals surface area contributed by atoms with Crippen molar-refractivity contribution in [2.24, 2.45) is 0 Å². The number of hydrogen-bond donors (Lipinski definition) is 1. The summed E-state index contributed by atoms with van der Waals surface area (Å²) in [5, 5.41) is 2.78. The minimum Gasteiger partial charge on any atom is -0.469 e. The van der Waals surface area contributed by atoms with E-state index in [0.29, 0.717) is 24.1 Å². The van der Waals surface area contributed by atoms with Gasteiger partial charge in [0.1, 0.15) is 5.82 Å². The molecule has 0 aromatic heterocycles. The first-order valence-corrected chi connectivity index (χ1v) is 6.65. The van der Waals surface area contributed by atoms with Crippen molar-refractivity contribution in [1.29, 1.82) is 0 Å². The minimum atomic E-state index is -0.345. The van der Waals surface area contributed by atoms with Gasteiger partial charge in [0, 0.05) is 18.5 Å². The number of methoxy groups -OCH3 is 1. The summed E-state index contributed by atoms with van der Waals surface area (Å²) in [6, 6.07) is 4.10. The molecule has 0 aliphatic rings. The van der Waals surface area contributed by atoms with Crippen molar-refractivity contribution in [2.75, 3.05) is 13.7 Å². The van der Waals surface area contributed by atoms with Crippen LogP contribution in [0.15, 0.2) is 18.2 Å². The first-order chi connectivity index (χ1) is 9.54. The third-order valence-electron chi connectivity index (χ3n) is 3.00. The Morgan fingerprint density at radius 3 is 2.65 bits per heavy atom. The van der Waals surface area contributed by atoms with Crippen LogP contribution >= 0.6 is 0 Å². The predicted molar refractivity (Wildman–Crippen MR) is 74.0 cm³/mol. The Morgan fingerprint density at radius 1 is 1.25 bits per heavy atom. The number of rotatable bonds is 7. The van der Waals surface area contributed by atoms with E-state index in [0.717, 1.165) is 19.3 Å². The summed E-state index contributed by atoms with van der Waals surface area (Å²) in [7, 11) is 1.37. The van der Waals surface area contributed by atoms with E-state index < -0.39 is 0 Å². The Bertz CT molecular complexity index is 474. The standard InChI is InChI=1S/C15H20FNO3/c1-11-10-12(16)7-8-13(11)15(19)17-9-5-3-4-6-14(18)20-2/h7-8,10H,3-6,9H2,1-2H3,(H,17,19). The lowest BCUT2D eigenvalue weighted by molar-refractivity contribution is -0.140. The van der Waals surface area contributed by atoms with Gasteiger partial charge in [0.2, 0.25) is 0 Å². The molecule has 1 aromatic carbocycles. The molecule has 0 heterocycles. The molecule has 5 heteroatoms. The number of nitrogens with one attached hydrogen (secondary N) is 1. The van der Waals surface area contributed by atoms with E-state index in [1.54, 1.807) is 6.92 Å². The fraction of sp³-hybridized carbons (Fsp3) is 0.467. The van der Waals surface area contributed by atoms with Crippen LogP contribution in [-0.4, -0.2) is 25.5 Å². The van der Waals surface area contributed by atoms with E-state index in [1.165, 1.54) is 25.3 Å². The lowest BCUT2D eigenvalue weighted by atomic mass is 10.1. The number of carbonyl (C=O) groups excluding carboxylic acids is 2. The highest BCUT2D eigenvalue weighted by Crippen LogP contribution is 2.10. The molecular weight excluding hydrogens is 261 g/mol. The van der Waals surface area contributed by atoms with E-state index in [9.17, 15) is 14.0 Å². The fourth-order valence-electron chi connectivity index (χ4n) is 1.85. The maximum Gasteiger partial charge on any atom is 0.305 e. The predicted octanol–water partition coefficient (Wildman–Crippen LogP) is 2.60. The number of unbranched alkanes of at least 4 members (excludes halogenated alkanes) is 2. The maximum absolute atomic E-state index is 12.9. The molecule has 1 N–H and O–H groups in total. The van der Waals surface area contributed by atoms with Gasteiger partial charge in [-0.15, -0.1) is 0 Å². The van der Waals surface area contributed by atoms with Crippen molar-refractivity contribution >= 4 is 11.9 Å². The highest BCUT2D eigenvalue weighted by atomic mass is 19.1. The molecule has 0 fully saturated rings. The Labute approximate surface area is 118 Å². The van der Waals surface area contributed by atoms with Crippen LogP contribution in [0.25, 0.3) is 0 Å². The summed E-state index contributed by atoms with van der Waals surface area (Å²) in [5.41, 5.74) is 1.11. The Balaban J connectivity index is 2.25. The molecule has 20 heavy (non-hydrogen) atoms. The van der Waals surface area contributed by atoms with Crippen LogP contribution in [0.3, 0.4) is 0 Å². The number of amides is 1. The Morgan fingerprint density at radius 2 is 2.00 bits per heavy atom. The average Bonchev–Trinajstić information content (AvgIpc) is 2.42. The van der Waals surface area contributed by atoms with Crippen molar-refractivity contribution in [3.63, 3.8) is 0 Å². The summed E-state index contributed by atoms with van der Waals surface area (Å²) in [6.45, 7) is 2.24. The highest BCUT2D eigenvalue weighted by Gasteiger charge is 2.08. The second-order valence-corrected chi connectivity index (χ2v) is 4.60. The molecule has 0 aliphatic heterocycles. The smallest absolute Gasteiger partial charge is 0.305 e. The molecule has 0 saturated heterocycles. The second-order valence-electron chi connectivity index (χ2n) is 4.60. The first kappa shape index (κ1) is 16.1.